The van der Waals surface area contributed by atoms with Crippen LogP contribution in [0.15, 0.2) is 46.3 Å². The SMILES string of the molecule is NC(=O)c1ccc(C(F)(F)F)nc1Sc1ccccc1Cl. The molecule has 1 heterocycles. The van der Waals surface area contributed by atoms with Crippen molar-refractivity contribution in [1.29, 1.82) is 0 Å². The first-order valence-corrected chi connectivity index (χ1v) is 6.79. The molecule has 0 atom stereocenters. The van der Waals surface area contributed by atoms with Crippen LogP contribution in [-0.4, -0.2) is 10.9 Å². The smallest absolute Gasteiger partial charge is 0.366 e. The molecule has 8 heteroatoms. The lowest BCUT2D eigenvalue weighted by Crippen LogP contribution is -2.16. The third kappa shape index (κ3) is 3.68. The van der Waals surface area contributed by atoms with E-state index in [2.05, 4.69) is 4.98 Å². The minimum absolute atomic E-state index is 0.0899. The number of pyridine rings is 1. The number of hydrogen-bond donors (Lipinski definition) is 1. The van der Waals surface area contributed by atoms with Crippen molar-refractivity contribution in [2.45, 2.75) is 16.1 Å². The van der Waals surface area contributed by atoms with Crippen LogP contribution >= 0.6 is 23.4 Å². The monoisotopic (exact) mass is 332 g/mol. The Bertz CT molecular complexity index is 691. The van der Waals surface area contributed by atoms with E-state index in [1.54, 1.807) is 24.3 Å². The van der Waals surface area contributed by atoms with E-state index in [-0.39, 0.29) is 10.6 Å². The van der Waals surface area contributed by atoms with Crippen LogP contribution in [0.2, 0.25) is 5.02 Å². The first-order valence-electron chi connectivity index (χ1n) is 5.59. The van der Waals surface area contributed by atoms with Gasteiger partial charge in [0.1, 0.15) is 10.7 Å². The highest BCUT2D eigenvalue weighted by molar-refractivity contribution is 7.99. The van der Waals surface area contributed by atoms with Gasteiger partial charge in [-0.3, -0.25) is 4.79 Å². The Morgan fingerprint density at radius 2 is 1.86 bits per heavy atom. The van der Waals surface area contributed by atoms with Gasteiger partial charge < -0.3 is 5.73 Å². The van der Waals surface area contributed by atoms with Crippen LogP contribution in [0.4, 0.5) is 13.2 Å². The topological polar surface area (TPSA) is 56.0 Å². The molecule has 0 unspecified atom stereocenters. The van der Waals surface area contributed by atoms with Crippen molar-refractivity contribution in [2.75, 3.05) is 0 Å². The van der Waals surface area contributed by atoms with Gasteiger partial charge in [0.2, 0.25) is 0 Å². The van der Waals surface area contributed by atoms with Gasteiger partial charge in [-0.25, -0.2) is 4.98 Å². The molecule has 0 radical (unpaired) electrons. The lowest BCUT2D eigenvalue weighted by Gasteiger charge is -2.11. The van der Waals surface area contributed by atoms with Crippen molar-refractivity contribution >= 4 is 29.3 Å². The highest BCUT2D eigenvalue weighted by atomic mass is 35.5. The molecule has 0 saturated heterocycles. The largest absolute Gasteiger partial charge is 0.433 e. The Hall–Kier alpha value is -1.73. The first-order chi connectivity index (χ1) is 9.79. The second-order valence-corrected chi connectivity index (χ2v) is 5.38. The van der Waals surface area contributed by atoms with Crippen molar-refractivity contribution in [2.24, 2.45) is 5.73 Å². The summed E-state index contributed by atoms with van der Waals surface area (Å²) in [7, 11) is 0. The van der Waals surface area contributed by atoms with E-state index < -0.39 is 17.8 Å². The van der Waals surface area contributed by atoms with Crippen molar-refractivity contribution < 1.29 is 18.0 Å². The van der Waals surface area contributed by atoms with Gasteiger partial charge >= 0.3 is 6.18 Å². The van der Waals surface area contributed by atoms with E-state index >= 15 is 0 Å². The highest BCUT2D eigenvalue weighted by Gasteiger charge is 2.33. The number of halogens is 4. The molecule has 110 valence electrons. The van der Waals surface area contributed by atoms with E-state index in [4.69, 9.17) is 17.3 Å². The average Bonchev–Trinajstić information content (AvgIpc) is 2.40. The molecule has 0 aliphatic heterocycles. The lowest BCUT2D eigenvalue weighted by molar-refractivity contribution is -0.141. The van der Waals surface area contributed by atoms with Gasteiger partial charge in [-0.15, -0.1) is 0 Å². The summed E-state index contributed by atoms with van der Waals surface area (Å²) >= 11 is 6.80. The molecule has 2 N–H and O–H groups in total. The zero-order chi connectivity index (χ0) is 15.6. The fourth-order valence-electron chi connectivity index (χ4n) is 1.50. The van der Waals surface area contributed by atoms with Gasteiger partial charge in [0.25, 0.3) is 5.91 Å². The molecule has 0 saturated carbocycles. The van der Waals surface area contributed by atoms with E-state index in [0.29, 0.717) is 9.92 Å². The molecule has 2 aromatic rings. The molecule has 0 bridgehead atoms. The van der Waals surface area contributed by atoms with E-state index in [0.717, 1.165) is 23.9 Å². The average molecular weight is 333 g/mol. The summed E-state index contributed by atoms with van der Waals surface area (Å²) in [6, 6.07) is 8.28. The number of carbonyl (C=O) groups is 1. The highest BCUT2D eigenvalue weighted by Crippen LogP contribution is 2.36. The van der Waals surface area contributed by atoms with Crippen LogP contribution in [0.1, 0.15) is 16.1 Å². The number of aromatic nitrogens is 1. The van der Waals surface area contributed by atoms with Crippen molar-refractivity contribution in [3.63, 3.8) is 0 Å². The summed E-state index contributed by atoms with van der Waals surface area (Å²) in [5.41, 5.74) is 3.97. The second kappa shape index (κ2) is 5.95. The molecule has 0 aliphatic rings. The molecule has 1 aromatic carbocycles. The van der Waals surface area contributed by atoms with Crippen LogP contribution in [0, 0.1) is 0 Å². The molecule has 3 nitrogen and oxygen atoms in total. The molecule has 1 amide bonds. The quantitative estimate of drug-likeness (QED) is 0.924. The van der Waals surface area contributed by atoms with Gasteiger partial charge in [-0.05, 0) is 24.3 Å². The Labute approximate surface area is 127 Å². The van der Waals surface area contributed by atoms with Crippen LogP contribution in [0.5, 0.6) is 0 Å². The van der Waals surface area contributed by atoms with Crippen LogP contribution < -0.4 is 5.73 Å². The van der Waals surface area contributed by atoms with Gasteiger partial charge in [0.05, 0.1) is 10.6 Å². The summed E-state index contributed by atoms with van der Waals surface area (Å²) in [5, 5.41) is 0.211. The fraction of sp³-hybridized carbons (Fsp3) is 0.0769. The van der Waals surface area contributed by atoms with Gasteiger partial charge in [-0.2, -0.15) is 13.2 Å². The summed E-state index contributed by atoms with van der Waals surface area (Å²) in [5.74, 6) is -0.856. The maximum absolute atomic E-state index is 12.7. The number of hydrogen-bond acceptors (Lipinski definition) is 3. The summed E-state index contributed by atoms with van der Waals surface area (Å²) in [4.78, 5) is 15.3. The summed E-state index contributed by atoms with van der Waals surface area (Å²) < 4.78 is 38.1. The molecule has 0 aliphatic carbocycles. The van der Waals surface area contributed by atoms with E-state index in [1.807, 2.05) is 0 Å². The molecule has 0 spiro atoms. The molecule has 0 fully saturated rings. The Kier molecular flexibility index (Phi) is 4.43. The maximum atomic E-state index is 12.7. The van der Waals surface area contributed by atoms with Gasteiger partial charge in [0.15, 0.2) is 0 Å². The molecule has 1 aromatic heterocycles. The molecule has 21 heavy (non-hydrogen) atoms. The number of carbonyl (C=O) groups excluding carboxylic acids is 1. The van der Waals surface area contributed by atoms with Gasteiger partial charge in [-0.1, -0.05) is 35.5 Å². The summed E-state index contributed by atoms with van der Waals surface area (Å²) in [6.07, 6.45) is -4.61. The molecular weight excluding hydrogens is 325 g/mol. The Morgan fingerprint density at radius 1 is 1.19 bits per heavy atom. The molecule has 2 rings (SSSR count). The number of amides is 1. The zero-order valence-corrected chi connectivity index (χ0v) is 11.9. The lowest BCUT2D eigenvalue weighted by atomic mass is 10.2. The standard InChI is InChI=1S/C13H8ClF3N2OS/c14-8-3-1-2-4-9(8)21-12-7(11(18)20)5-6-10(19-12)13(15,16)17/h1-6H,(H2,18,20). The number of benzene rings is 1. The van der Waals surface area contributed by atoms with Crippen LogP contribution in [0.25, 0.3) is 0 Å². The minimum atomic E-state index is -4.61. The first kappa shape index (κ1) is 15.7. The molecular formula is C13H8ClF3N2OS. The third-order valence-electron chi connectivity index (χ3n) is 2.46. The fourth-order valence-corrected chi connectivity index (χ4v) is 2.69. The normalized spacial score (nSPS) is 11.4. The predicted molar refractivity (Wildman–Crippen MR) is 73.3 cm³/mol. The second-order valence-electron chi connectivity index (χ2n) is 3.94. The zero-order valence-electron chi connectivity index (χ0n) is 10.3. The van der Waals surface area contributed by atoms with Crippen molar-refractivity contribution in [3.8, 4) is 0 Å². The van der Waals surface area contributed by atoms with E-state index in [1.165, 1.54) is 0 Å². The van der Waals surface area contributed by atoms with Crippen molar-refractivity contribution in [1.82, 2.24) is 4.98 Å². The number of nitrogens with zero attached hydrogens (tertiary/aromatic N) is 1. The Balaban J connectivity index is 2.49. The van der Waals surface area contributed by atoms with E-state index in [9.17, 15) is 18.0 Å². The minimum Gasteiger partial charge on any atom is -0.366 e. The number of nitrogens with two attached hydrogens (primary N) is 1. The Morgan fingerprint density at radius 3 is 2.43 bits per heavy atom. The maximum Gasteiger partial charge on any atom is 0.433 e. The number of alkyl halides is 3. The van der Waals surface area contributed by atoms with Crippen LogP contribution in [0.3, 0.4) is 0 Å². The van der Waals surface area contributed by atoms with Gasteiger partial charge in [0, 0.05) is 4.90 Å². The van der Waals surface area contributed by atoms with Crippen LogP contribution in [-0.2, 0) is 6.18 Å². The number of rotatable bonds is 3. The third-order valence-corrected chi connectivity index (χ3v) is 3.98. The summed E-state index contributed by atoms with van der Waals surface area (Å²) in [6.45, 7) is 0. The van der Waals surface area contributed by atoms with Crippen molar-refractivity contribution in [3.05, 3.63) is 52.7 Å². The predicted octanol–water partition coefficient (Wildman–Crippen LogP) is 4.00. The number of primary amides is 1.